The van der Waals surface area contributed by atoms with Crippen LogP contribution in [0.15, 0.2) is 18.2 Å². The summed E-state index contributed by atoms with van der Waals surface area (Å²) in [7, 11) is 0. The molecule has 130 valence electrons. The van der Waals surface area contributed by atoms with E-state index in [2.05, 4.69) is 20.8 Å². The molecule has 0 unspecified atom stereocenters. The number of benzene rings is 1. The highest BCUT2D eigenvalue weighted by Crippen LogP contribution is 2.34. The molecular weight excluding hydrogens is 344 g/mol. The molecule has 1 aliphatic heterocycles. The lowest BCUT2D eigenvalue weighted by molar-refractivity contribution is -0.127. The molecule has 0 spiro atoms. The van der Waals surface area contributed by atoms with Crippen LogP contribution in [0.5, 0.6) is 11.5 Å². The Morgan fingerprint density at radius 2 is 2.04 bits per heavy atom. The Hall–Kier alpha value is -2.68. The Kier molecular flexibility index (Phi) is 4.22. The lowest BCUT2D eigenvalue weighted by Crippen LogP contribution is -2.33. The topological polar surface area (TPSA) is 102 Å². The average molecular weight is 360 g/mol. The zero-order valence-electron chi connectivity index (χ0n) is 13.3. The maximum Gasteiger partial charge on any atom is 0.286 e. The van der Waals surface area contributed by atoms with Gasteiger partial charge in [-0.25, -0.2) is 0 Å². The van der Waals surface area contributed by atoms with E-state index in [4.69, 9.17) is 9.47 Å². The molecule has 0 radical (unpaired) electrons. The summed E-state index contributed by atoms with van der Waals surface area (Å²) >= 11 is 1.16. The summed E-state index contributed by atoms with van der Waals surface area (Å²) in [5, 5.41) is 14.3. The van der Waals surface area contributed by atoms with Gasteiger partial charge in [-0.05, 0) is 25.0 Å². The van der Waals surface area contributed by atoms with E-state index in [0.29, 0.717) is 28.7 Å². The van der Waals surface area contributed by atoms with Gasteiger partial charge in [0.15, 0.2) is 11.5 Å². The molecule has 25 heavy (non-hydrogen) atoms. The van der Waals surface area contributed by atoms with Crippen LogP contribution in [-0.4, -0.2) is 28.8 Å². The van der Waals surface area contributed by atoms with Gasteiger partial charge in [-0.3, -0.25) is 9.59 Å². The molecular formula is C16H16N4O4S. The van der Waals surface area contributed by atoms with Crippen LogP contribution in [0.2, 0.25) is 0 Å². The number of aromatic nitrogens is 2. The number of carbonyl (C=O) groups excluding carboxylic acids is 2. The van der Waals surface area contributed by atoms with Crippen molar-refractivity contribution in [3.63, 3.8) is 0 Å². The standard InChI is InChI=1S/C16H16N4O4S/c21-14(9-2-1-3-9)17-7-13-19-20-16(25-13)15(22)18-10-4-5-11-12(6-10)24-8-23-11/h4-6,9H,1-3,7-8H2,(H,17,21)(H,18,22). The van der Waals surface area contributed by atoms with Gasteiger partial charge in [0, 0.05) is 17.7 Å². The quantitative estimate of drug-likeness (QED) is 0.845. The Labute approximate surface area is 147 Å². The summed E-state index contributed by atoms with van der Waals surface area (Å²) in [6, 6.07) is 5.16. The largest absolute Gasteiger partial charge is 0.454 e. The Bertz CT molecular complexity index is 818. The van der Waals surface area contributed by atoms with E-state index >= 15 is 0 Å². The van der Waals surface area contributed by atoms with Gasteiger partial charge in [-0.1, -0.05) is 17.8 Å². The van der Waals surface area contributed by atoms with Gasteiger partial charge in [0.25, 0.3) is 5.91 Å². The minimum absolute atomic E-state index is 0.0489. The first-order chi connectivity index (χ1) is 12.2. The molecule has 2 aromatic rings. The summed E-state index contributed by atoms with van der Waals surface area (Å²) in [6.45, 7) is 0.476. The van der Waals surface area contributed by atoms with Gasteiger partial charge in [0.2, 0.25) is 17.7 Å². The second-order valence-corrected chi connectivity index (χ2v) is 6.93. The normalized spacial score (nSPS) is 15.5. The summed E-state index contributed by atoms with van der Waals surface area (Å²) in [4.78, 5) is 24.1. The second-order valence-electron chi connectivity index (χ2n) is 5.87. The first-order valence-electron chi connectivity index (χ1n) is 8.00. The second kappa shape index (κ2) is 6.67. The number of nitrogens with one attached hydrogen (secondary N) is 2. The minimum Gasteiger partial charge on any atom is -0.454 e. The number of hydrogen-bond donors (Lipinski definition) is 2. The van der Waals surface area contributed by atoms with Gasteiger partial charge in [-0.2, -0.15) is 0 Å². The van der Waals surface area contributed by atoms with Crippen LogP contribution in [0, 0.1) is 5.92 Å². The molecule has 1 aliphatic carbocycles. The van der Waals surface area contributed by atoms with Gasteiger partial charge < -0.3 is 20.1 Å². The zero-order valence-corrected chi connectivity index (χ0v) is 14.1. The number of carbonyl (C=O) groups is 2. The molecule has 1 aromatic heterocycles. The van der Waals surface area contributed by atoms with E-state index < -0.39 is 0 Å². The van der Waals surface area contributed by atoms with Crippen molar-refractivity contribution in [2.45, 2.75) is 25.8 Å². The molecule has 9 heteroatoms. The smallest absolute Gasteiger partial charge is 0.286 e. The summed E-state index contributed by atoms with van der Waals surface area (Å²) < 4.78 is 10.5. The van der Waals surface area contributed by atoms with Crippen molar-refractivity contribution in [3.05, 3.63) is 28.2 Å². The molecule has 2 aliphatic rings. The van der Waals surface area contributed by atoms with E-state index in [-0.39, 0.29) is 29.5 Å². The number of anilines is 1. The highest BCUT2D eigenvalue weighted by atomic mass is 32.1. The molecule has 1 aromatic carbocycles. The number of amides is 2. The summed E-state index contributed by atoms with van der Waals surface area (Å²) in [5.74, 6) is 1.07. The summed E-state index contributed by atoms with van der Waals surface area (Å²) in [6.07, 6.45) is 3.01. The molecule has 2 N–H and O–H groups in total. The fraction of sp³-hybridized carbons (Fsp3) is 0.375. The van der Waals surface area contributed by atoms with E-state index in [1.165, 1.54) is 0 Å². The highest BCUT2D eigenvalue weighted by molar-refractivity contribution is 7.13. The SMILES string of the molecule is O=C(Nc1ccc2c(c1)OCO2)c1nnc(CNC(=O)C2CCC2)s1. The van der Waals surface area contributed by atoms with Crippen molar-refractivity contribution < 1.29 is 19.1 Å². The molecule has 0 saturated heterocycles. The Balaban J connectivity index is 1.34. The number of nitrogens with zero attached hydrogens (tertiary/aromatic N) is 2. The third-order valence-electron chi connectivity index (χ3n) is 4.18. The first kappa shape index (κ1) is 15.8. The van der Waals surface area contributed by atoms with Crippen molar-refractivity contribution >= 4 is 28.8 Å². The number of fused-ring (bicyclic) bond motifs is 1. The van der Waals surface area contributed by atoms with Crippen molar-refractivity contribution in [2.24, 2.45) is 5.92 Å². The molecule has 2 heterocycles. The zero-order chi connectivity index (χ0) is 17.2. The van der Waals surface area contributed by atoms with E-state index in [9.17, 15) is 9.59 Å². The predicted molar refractivity (Wildman–Crippen MR) is 89.6 cm³/mol. The van der Waals surface area contributed by atoms with Crippen LogP contribution in [0.4, 0.5) is 5.69 Å². The number of ether oxygens (including phenoxy) is 2. The third kappa shape index (κ3) is 3.41. The maximum atomic E-state index is 12.3. The molecule has 8 nitrogen and oxygen atoms in total. The van der Waals surface area contributed by atoms with Gasteiger partial charge >= 0.3 is 0 Å². The average Bonchev–Trinajstić information content (AvgIpc) is 3.20. The van der Waals surface area contributed by atoms with Gasteiger partial charge in [0.05, 0.1) is 6.54 Å². The number of hydrogen-bond acceptors (Lipinski definition) is 7. The summed E-state index contributed by atoms with van der Waals surface area (Å²) in [5.41, 5.74) is 0.587. The fourth-order valence-electron chi connectivity index (χ4n) is 2.55. The van der Waals surface area contributed by atoms with Crippen LogP contribution >= 0.6 is 11.3 Å². The molecule has 0 bridgehead atoms. The van der Waals surface area contributed by atoms with Crippen LogP contribution < -0.4 is 20.1 Å². The first-order valence-corrected chi connectivity index (χ1v) is 8.82. The van der Waals surface area contributed by atoms with Crippen molar-refractivity contribution in [2.75, 3.05) is 12.1 Å². The van der Waals surface area contributed by atoms with Gasteiger partial charge in [0.1, 0.15) is 5.01 Å². The monoisotopic (exact) mass is 360 g/mol. The molecule has 1 saturated carbocycles. The lowest BCUT2D eigenvalue weighted by atomic mass is 9.85. The van der Waals surface area contributed by atoms with Crippen LogP contribution in [0.1, 0.15) is 34.1 Å². The lowest BCUT2D eigenvalue weighted by Gasteiger charge is -2.23. The highest BCUT2D eigenvalue weighted by Gasteiger charge is 2.25. The number of rotatable bonds is 5. The maximum absolute atomic E-state index is 12.3. The van der Waals surface area contributed by atoms with Crippen LogP contribution in [0.3, 0.4) is 0 Å². The van der Waals surface area contributed by atoms with E-state index in [0.717, 1.165) is 30.6 Å². The van der Waals surface area contributed by atoms with Crippen molar-refractivity contribution in [1.29, 1.82) is 0 Å². The molecule has 0 atom stereocenters. The third-order valence-corrected chi connectivity index (χ3v) is 5.10. The fourth-order valence-corrected chi connectivity index (χ4v) is 3.23. The molecule has 4 rings (SSSR count). The Morgan fingerprint density at radius 3 is 2.84 bits per heavy atom. The molecule has 2 amide bonds. The van der Waals surface area contributed by atoms with E-state index in [1.54, 1.807) is 18.2 Å². The van der Waals surface area contributed by atoms with Crippen LogP contribution in [0.25, 0.3) is 0 Å². The predicted octanol–water partition coefficient (Wildman–Crippen LogP) is 1.94. The van der Waals surface area contributed by atoms with Gasteiger partial charge in [-0.15, -0.1) is 10.2 Å². The Morgan fingerprint density at radius 1 is 1.20 bits per heavy atom. The molecule has 1 fully saturated rings. The van der Waals surface area contributed by atoms with Crippen molar-refractivity contribution in [3.8, 4) is 11.5 Å². The van der Waals surface area contributed by atoms with E-state index in [1.807, 2.05) is 0 Å². The van der Waals surface area contributed by atoms with Crippen molar-refractivity contribution in [1.82, 2.24) is 15.5 Å². The van der Waals surface area contributed by atoms with Crippen LogP contribution in [-0.2, 0) is 11.3 Å². The minimum atomic E-state index is -0.354.